The third-order valence-corrected chi connectivity index (χ3v) is 6.77. The van der Waals surface area contributed by atoms with Crippen LogP contribution in [0.3, 0.4) is 0 Å². The molecule has 0 amide bonds. The average Bonchev–Trinajstić information content (AvgIpc) is 3.26. The van der Waals surface area contributed by atoms with E-state index in [2.05, 4.69) is 49.7 Å². The second-order valence-electron chi connectivity index (χ2n) is 10.0. The largest absolute Gasteiger partial charge is 0.477 e. The first-order chi connectivity index (χ1) is 16.1. The summed E-state index contributed by atoms with van der Waals surface area (Å²) >= 11 is 7.33. The standard InChI is InChI=1S/C26H34ClN3O3S/c1-18-6-8-20(9-7-18)25(31)33-30(21-16-22(34-17-21)12-14-26(3,4)5)19(2)13-15-32-24-11-10-23(27)28-29-24/h10-11,16-20H,6-9,13,15H2,1-5H3/t18?,19-,20?/m0/s1. The van der Waals surface area contributed by atoms with Crippen molar-refractivity contribution in [2.24, 2.45) is 17.3 Å². The number of aromatic nitrogens is 2. The molecule has 1 aliphatic carbocycles. The summed E-state index contributed by atoms with van der Waals surface area (Å²) in [4.78, 5) is 20.0. The number of rotatable bonds is 8. The number of ether oxygens (including phenoxy) is 1. The Bertz CT molecular complexity index is 999. The Morgan fingerprint density at radius 1 is 1.26 bits per heavy atom. The minimum absolute atomic E-state index is 0.0507. The fourth-order valence-electron chi connectivity index (χ4n) is 3.65. The molecule has 2 aromatic rings. The highest BCUT2D eigenvalue weighted by atomic mass is 35.5. The van der Waals surface area contributed by atoms with Crippen molar-refractivity contribution in [2.75, 3.05) is 11.7 Å². The number of carbonyl (C=O) groups is 1. The minimum atomic E-state index is -0.156. The maximum Gasteiger partial charge on any atom is 0.335 e. The summed E-state index contributed by atoms with van der Waals surface area (Å²) < 4.78 is 5.71. The quantitative estimate of drug-likeness (QED) is 0.301. The van der Waals surface area contributed by atoms with E-state index < -0.39 is 0 Å². The van der Waals surface area contributed by atoms with Crippen LogP contribution in [-0.2, 0) is 9.63 Å². The summed E-state index contributed by atoms with van der Waals surface area (Å²) in [7, 11) is 0. The van der Waals surface area contributed by atoms with Crippen molar-refractivity contribution in [2.45, 2.75) is 72.8 Å². The summed E-state index contributed by atoms with van der Waals surface area (Å²) in [6.07, 6.45) is 4.52. The lowest BCUT2D eigenvalue weighted by Crippen LogP contribution is -2.38. The molecule has 2 heterocycles. The van der Waals surface area contributed by atoms with E-state index in [1.165, 1.54) is 0 Å². The Morgan fingerprint density at radius 3 is 2.65 bits per heavy atom. The number of thiophene rings is 1. The first-order valence-corrected chi connectivity index (χ1v) is 13.1. The van der Waals surface area contributed by atoms with Gasteiger partial charge in [-0.1, -0.05) is 30.4 Å². The van der Waals surface area contributed by atoms with Gasteiger partial charge in [0.25, 0.3) is 0 Å². The van der Waals surface area contributed by atoms with E-state index in [1.54, 1.807) is 28.5 Å². The molecule has 0 aliphatic heterocycles. The molecule has 1 atom stereocenters. The van der Waals surface area contributed by atoms with Crippen molar-refractivity contribution >= 4 is 34.6 Å². The predicted molar refractivity (Wildman–Crippen MR) is 137 cm³/mol. The molecule has 0 spiro atoms. The molecule has 1 aliphatic rings. The van der Waals surface area contributed by atoms with E-state index >= 15 is 0 Å². The van der Waals surface area contributed by atoms with Gasteiger partial charge in [-0.2, -0.15) is 0 Å². The van der Waals surface area contributed by atoms with Crippen molar-refractivity contribution in [3.8, 4) is 17.7 Å². The molecule has 0 saturated heterocycles. The molecule has 3 rings (SSSR count). The Balaban J connectivity index is 1.70. The molecule has 0 bridgehead atoms. The van der Waals surface area contributed by atoms with Crippen molar-refractivity contribution in [3.05, 3.63) is 33.6 Å². The Kier molecular flexibility index (Phi) is 9.21. The van der Waals surface area contributed by atoms with Gasteiger partial charge in [0.2, 0.25) is 5.88 Å². The molecule has 6 nitrogen and oxygen atoms in total. The lowest BCUT2D eigenvalue weighted by atomic mass is 9.83. The van der Waals surface area contributed by atoms with Crippen LogP contribution >= 0.6 is 22.9 Å². The Morgan fingerprint density at radius 2 is 2.00 bits per heavy atom. The highest BCUT2D eigenvalue weighted by Crippen LogP contribution is 2.31. The summed E-state index contributed by atoms with van der Waals surface area (Å²) in [5.41, 5.74) is 0.753. The number of hydrogen-bond donors (Lipinski definition) is 0. The van der Waals surface area contributed by atoms with E-state index in [9.17, 15) is 4.79 Å². The highest BCUT2D eigenvalue weighted by molar-refractivity contribution is 7.11. The van der Waals surface area contributed by atoms with Gasteiger partial charge in [0.1, 0.15) is 0 Å². The number of anilines is 1. The van der Waals surface area contributed by atoms with Gasteiger partial charge < -0.3 is 9.57 Å². The van der Waals surface area contributed by atoms with Gasteiger partial charge in [-0.3, -0.25) is 0 Å². The number of hydroxylamine groups is 1. The third kappa shape index (κ3) is 8.18. The van der Waals surface area contributed by atoms with Gasteiger partial charge in [-0.15, -0.1) is 21.5 Å². The lowest BCUT2D eigenvalue weighted by Gasteiger charge is -2.31. The van der Waals surface area contributed by atoms with Crippen molar-refractivity contribution in [3.63, 3.8) is 0 Å². The zero-order chi connectivity index (χ0) is 24.7. The first-order valence-electron chi connectivity index (χ1n) is 11.9. The van der Waals surface area contributed by atoms with Crippen molar-refractivity contribution < 1.29 is 14.4 Å². The number of nitrogens with zero attached hydrogens (tertiary/aromatic N) is 3. The molecule has 0 unspecified atom stereocenters. The maximum atomic E-state index is 13.0. The summed E-state index contributed by atoms with van der Waals surface area (Å²) in [6.45, 7) is 10.9. The monoisotopic (exact) mass is 503 g/mol. The van der Waals surface area contributed by atoms with Crippen LogP contribution in [0.15, 0.2) is 23.6 Å². The van der Waals surface area contributed by atoms with Gasteiger partial charge in [0.05, 0.1) is 29.1 Å². The van der Waals surface area contributed by atoms with Gasteiger partial charge >= 0.3 is 5.97 Å². The molecule has 2 aromatic heterocycles. The van der Waals surface area contributed by atoms with E-state index in [0.717, 1.165) is 36.2 Å². The molecule has 184 valence electrons. The number of carbonyl (C=O) groups excluding carboxylic acids is 1. The molecule has 1 fully saturated rings. The summed E-state index contributed by atoms with van der Waals surface area (Å²) in [5, 5.41) is 11.7. The van der Waals surface area contributed by atoms with Crippen LogP contribution in [0.1, 0.15) is 71.6 Å². The smallest absolute Gasteiger partial charge is 0.335 e. The molecular formula is C26H34ClN3O3S. The van der Waals surface area contributed by atoms with E-state index in [4.69, 9.17) is 21.2 Å². The predicted octanol–water partition coefficient (Wildman–Crippen LogP) is 6.54. The maximum absolute atomic E-state index is 13.0. The van der Waals surface area contributed by atoms with E-state index in [-0.39, 0.29) is 23.3 Å². The number of halogens is 1. The Hall–Kier alpha value is -2.30. The molecule has 0 N–H and O–H groups in total. The first kappa shape index (κ1) is 26.3. The van der Waals surface area contributed by atoms with Crippen molar-refractivity contribution in [1.29, 1.82) is 0 Å². The van der Waals surface area contributed by atoms with Crippen LogP contribution in [0.25, 0.3) is 0 Å². The minimum Gasteiger partial charge on any atom is -0.477 e. The zero-order valence-corrected chi connectivity index (χ0v) is 22.2. The summed E-state index contributed by atoms with van der Waals surface area (Å²) in [6, 6.07) is 5.20. The van der Waals surface area contributed by atoms with Crippen LogP contribution in [0.5, 0.6) is 5.88 Å². The topological polar surface area (TPSA) is 64.5 Å². The molecule has 1 saturated carbocycles. The number of hydrogen-bond acceptors (Lipinski definition) is 7. The fraction of sp³-hybridized carbons (Fsp3) is 0.577. The second-order valence-corrected chi connectivity index (χ2v) is 11.3. The second kappa shape index (κ2) is 11.9. The van der Waals surface area contributed by atoms with Crippen LogP contribution in [-0.4, -0.2) is 28.8 Å². The lowest BCUT2D eigenvalue weighted by molar-refractivity contribution is -0.152. The third-order valence-electron chi connectivity index (χ3n) is 5.73. The molecule has 34 heavy (non-hydrogen) atoms. The van der Waals surface area contributed by atoms with Gasteiger partial charge in [0, 0.05) is 23.3 Å². The highest BCUT2D eigenvalue weighted by Gasteiger charge is 2.29. The Labute approximate surface area is 212 Å². The summed E-state index contributed by atoms with van der Waals surface area (Å²) in [5.74, 6) is 7.38. The van der Waals surface area contributed by atoms with Gasteiger partial charge in [0.15, 0.2) is 5.15 Å². The molecular weight excluding hydrogens is 470 g/mol. The van der Waals surface area contributed by atoms with Crippen LogP contribution in [0.2, 0.25) is 5.15 Å². The molecule has 8 heteroatoms. The van der Waals surface area contributed by atoms with Crippen molar-refractivity contribution in [1.82, 2.24) is 10.2 Å². The SMILES string of the molecule is CC1CCC(C(=O)ON(c2csc(C#CC(C)(C)C)c2)[C@@H](C)CCOc2ccc(Cl)nn2)CC1. The van der Waals surface area contributed by atoms with Crippen LogP contribution < -0.4 is 9.80 Å². The zero-order valence-electron chi connectivity index (χ0n) is 20.6. The van der Waals surface area contributed by atoms with E-state index in [0.29, 0.717) is 30.0 Å². The van der Waals surface area contributed by atoms with Gasteiger partial charge in [-0.25, -0.2) is 9.86 Å². The normalized spacial score (nSPS) is 19.0. The van der Waals surface area contributed by atoms with Crippen LogP contribution in [0, 0.1) is 29.1 Å². The average molecular weight is 504 g/mol. The molecule has 0 radical (unpaired) electrons. The van der Waals surface area contributed by atoms with Gasteiger partial charge in [-0.05, 0) is 71.4 Å². The fourth-order valence-corrected chi connectivity index (χ4v) is 4.47. The van der Waals surface area contributed by atoms with E-state index in [1.807, 2.05) is 18.4 Å². The van der Waals surface area contributed by atoms with Crippen LogP contribution in [0.4, 0.5) is 5.69 Å². The molecule has 0 aromatic carbocycles.